The SMILES string of the molecule is O=C(NC1CCCC1)c1ccc(-c2nccc3[nH]ccc23)cc1. The molecule has 1 aliphatic carbocycles. The van der Waals surface area contributed by atoms with Crippen molar-refractivity contribution in [3.05, 3.63) is 54.4 Å². The molecule has 2 heterocycles. The molecule has 2 N–H and O–H groups in total. The Morgan fingerprint density at radius 3 is 2.65 bits per heavy atom. The molecule has 1 aromatic carbocycles. The molecule has 0 spiro atoms. The third-order valence-corrected chi connectivity index (χ3v) is 4.59. The molecule has 1 fully saturated rings. The van der Waals surface area contributed by atoms with Crippen LogP contribution in [0.2, 0.25) is 0 Å². The maximum Gasteiger partial charge on any atom is 0.251 e. The van der Waals surface area contributed by atoms with E-state index < -0.39 is 0 Å². The number of hydrogen-bond donors (Lipinski definition) is 2. The maximum absolute atomic E-state index is 12.3. The van der Waals surface area contributed by atoms with Crippen molar-refractivity contribution in [1.82, 2.24) is 15.3 Å². The molecule has 2 aromatic heterocycles. The Hall–Kier alpha value is -2.62. The van der Waals surface area contributed by atoms with Crippen LogP contribution in [0.3, 0.4) is 0 Å². The number of aromatic amines is 1. The lowest BCUT2D eigenvalue weighted by Gasteiger charge is -2.12. The van der Waals surface area contributed by atoms with Crippen LogP contribution in [0.4, 0.5) is 0 Å². The summed E-state index contributed by atoms with van der Waals surface area (Å²) >= 11 is 0. The Morgan fingerprint density at radius 1 is 1.09 bits per heavy atom. The highest BCUT2D eigenvalue weighted by molar-refractivity contribution is 5.96. The van der Waals surface area contributed by atoms with Gasteiger partial charge in [-0.05, 0) is 37.1 Å². The maximum atomic E-state index is 12.3. The van der Waals surface area contributed by atoms with Gasteiger partial charge in [-0.25, -0.2) is 0 Å². The number of hydrogen-bond acceptors (Lipinski definition) is 2. The van der Waals surface area contributed by atoms with Gasteiger partial charge < -0.3 is 10.3 Å². The van der Waals surface area contributed by atoms with E-state index in [4.69, 9.17) is 0 Å². The molecular formula is C19H19N3O. The van der Waals surface area contributed by atoms with Gasteiger partial charge in [0.05, 0.1) is 5.69 Å². The number of nitrogens with zero attached hydrogens (tertiary/aromatic N) is 1. The summed E-state index contributed by atoms with van der Waals surface area (Å²) in [5.41, 5.74) is 3.74. The smallest absolute Gasteiger partial charge is 0.251 e. The number of aromatic nitrogens is 2. The zero-order chi connectivity index (χ0) is 15.6. The van der Waals surface area contributed by atoms with E-state index >= 15 is 0 Å². The summed E-state index contributed by atoms with van der Waals surface area (Å²) in [5.74, 6) is 0.0243. The van der Waals surface area contributed by atoms with Gasteiger partial charge in [-0.3, -0.25) is 9.78 Å². The third-order valence-electron chi connectivity index (χ3n) is 4.59. The van der Waals surface area contributed by atoms with E-state index in [0.29, 0.717) is 11.6 Å². The second-order valence-corrected chi connectivity index (χ2v) is 6.13. The minimum absolute atomic E-state index is 0.0243. The van der Waals surface area contributed by atoms with Crippen molar-refractivity contribution < 1.29 is 4.79 Å². The number of fused-ring (bicyclic) bond motifs is 1. The second kappa shape index (κ2) is 5.88. The average molecular weight is 305 g/mol. The number of amides is 1. The predicted molar refractivity (Wildman–Crippen MR) is 91.3 cm³/mol. The highest BCUT2D eigenvalue weighted by Crippen LogP contribution is 2.26. The van der Waals surface area contributed by atoms with Gasteiger partial charge in [0.2, 0.25) is 0 Å². The van der Waals surface area contributed by atoms with Crippen LogP contribution in [0.1, 0.15) is 36.0 Å². The first kappa shape index (κ1) is 14.0. The van der Waals surface area contributed by atoms with E-state index in [9.17, 15) is 4.79 Å². The largest absolute Gasteiger partial charge is 0.361 e. The van der Waals surface area contributed by atoms with Crippen LogP contribution in [0.25, 0.3) is 22.2 Å². The second-order valence-electron chi connectivity index (χ2n) is 6.13. The van der Waals surface area contributed by atoms with Crippen molar-refractivity contribution >= 4 is 16.8 Å². The molecule has 1 amide bonds. The number of nitrogens with one attached hydrogen (secondary N) is 2. The number of carbonyl (C=O) groups excluding carboxylic acids is 1. The molecular weight excluding hydrogens is 286 g/mol. The monoisotopic (exact) mass is 305 g/mol. The van der Waals surface area contributed by atoms with Crippen molar-refractivity contribution in [2.75, 3.05) is 0 Å². The topological polar surface area (TPSA) is 57.8 Å². The number of benzene rings is 1. The minimum atomic E-state index is 0.0243. The van der Waals surface area contributed by atoms with Crippen molar-refractivity contribution in [1.29, 1.82) is 0 Å². The van der Waals surface area contributed by atoms with E-state index in [2.05, 4.69) is 15.3 Å². The Morgan fingerprint density at radius 2 is 1.87 bits per heavy atom. The first-order chi connectivity index (χ1) is 11.3. The molecule has 0 atom stereocenters. The van der Waals surface area contributed by atoms with Gasteiger partial charge in [0.15, 0.2) is 0 Å². The molecule has 0 bridgehead atoms. The molecule has 0 unspecified atom stereocenters. The summed E-state index contributed by atoms with van der Waals surface area (Å²) in [6.07, 6.45) is 8.35. The molecule has 0 radical (unpaired) electrons. The van der Waals surface area contributed by atoms with Gasteiger partial charge >= 0.3 is 0 Å². The quantitative estimate of drug-likeness (QED) is 0.771. The number of pyridine rings is 1. The van der Waals surface area contributed by atoms with Gasteiger partial charge in [0, 0.05) is 40.5 Å². The molecule has 23 heavy (non-hydrogen) atoms. The Balaban J connectivity index is 1.58. The van der Waals surface area contributed by atoms with E-state index in [1.165, 1.54) is 12.8 Å². The lowest BCUT2D eigenvalue weighted by atomic mass is 10.1. The molecule has 4 nitrogen and oxygen atoms in total. The molecule has 4 rings (SSSR count). The fourth-order valence-corrected chi connectivity index (χ4v) is 3.33. The molecule has 1 aliphatic rings. The summed E-state index contributed by atoms with van der Waals surface area (Å²) in [5, 5.41) is 4.21. The molecule has 1 saturated carbocycles. The van der Waals surface area contributed by atoms with Crippen LogP contribution < -0.4 is 5.32 Å². The standard InChI is InChI=1S/C19H19N3O/c23-19(22-15-3-1-2-4-15)14-7-5-13(6-8-14)18-16-9-11-20-17(16)10-12-21-18/h5-12,15,20H,1-4H2,(H,22,23). The van der Waals surface area contributed by atoms with Gasteiger partial charge in [-0.2, -0.15) is 0 Å². The fraction of sp³-hybridized carbons (Fsp3) is 0.263. The fourth-order valence-electron chi connectivity index (χ4n) is 3.33. The average Bonchev–Trinajstić information content (AvgIpc) is 3.25. The van der Waals surface area contributed by atoms with Gasteiger partial charge in [-0.15, -0.1) is 0 Å². The first-order valence-electron chi connectivity index (χ1n) is 8.15. The van der Waals surface area contributed by atoms with Crippen molar-refractivity contribution in [2.24, 2.45) is 0 Å². The Bertz CT molecular complexity index is 829. The molecule has 0 saturated heterocycles. The third kappa shape index (κ3) is 2.72. The summed E-state index contributed by atoms with van der Waals surface area (Å²) < 4.78 is 0. The summed E-state index contributed by atoms with van der Waals surface area (Å²) in [4.78, 5) is 20.0. The zero-order valence-electron chi connectivity index (χ0n) is 12.9. The molecule has 0 aliphatic heterocycles. The van der Waals surface area contributed by atoms with Crippen LogP contribution in [-0.4, -0.2) is 21.9 Å². The van der Waals surface area contributed by atoms with Crippen molar-refractivity contribution in [3.63, 3.8) is 0 Å². The number of H-pyrrole nitrogens is 1. The van der Waals surface area contributed by atoms with E-state index in [-0.39, 0.29) is 5.91 Å². The van der Waals surface area contributed by atoms with Crippen LogP contribution in [0.5, 0.6) is 0 Å². The predicted octanol–water partition coefficient (Wildman–Crippen LogP) is 3.90. The Labute approximate surface area is 134 Å². The van der Waals surface area contributed by atoms with Crippen LogP contribution in [0.15, 0.2) is 48.8 Å². The molecule has 3 aromatic rings. The Kier molecular flexibility index (Phi) is 3.58. The van der Waals surface area contributed by atoms with E-state index in [1.54, 1.807) is 6.20 Å². The molecule has 116 valence electrons. The van der Waals surface area contributed by atoms with Crippen molar-refractivity contribution in [3.8, 4) is 11.3 Å². The van der Waals surface area contributed by atoms with Crippen LogP contribution in [-0.2, 0) is 0 Å². The lowest BCUT2D eigenvalue weighted by Crippen LogP contribution is -2.32. The zero-order valence-corrected chi connectivity index (χ0v) is 12.9. The summed E-state index contributed by atoms with van der Waals surface area (Å²) in [7, 11) is 0. The molecule has 4 heteroatoms. The van der Waals surface area contributed by atoms with E-state index in [0.717, 1.165) is 35.0 Å². The van der Waals surface area contributed by atoms with Crippen LogP contribution in [0, 0.1) is 0 Å². The van der Waals surface area contributed by atoms with E-state index in [1.807, 2.05) is 42.6 Å². The summed E-state index contributed by atoms with van der Waals surface area (Å²) in [6.45, 7) is 0. The normalized spacial score (nSPS) is 15.1. The van der Waals surface area contributed by atoms with Gasteiger partial charge in [-0.1, -0.05) is 25.0 Å². The minimum Gasteiger partial charge on any atom is -0.361 e. The van der Waals surface area contributed by atoms with Crippen LogP contribution >= 0.6 is 0 Å². The van der Waals surface area contributed by atoms with Gasteiger partial charge in [0.25, 0.3) is 5.91 Å². The van der Waals surface area contributed by atoms with Crippen molar-refractivity contribution in [2.45, 2.75) is 31.7 Å². The number of carbonyl (C=O) groups is 1. The number of rotatable bonds is 3. The van der Waals surface area contributed by atoms with Gasteiger partial charge in [0.1, 0.15) is 0 Å². The highest BCUT2D eigenvalue weighted by Gasteiger charge is 2.18. The highest BCUT2D eigenvalue weighted by atomic mass is 16.1. The summed E-state index contributed by atoms with van der Waals surface area (Å²) in [6, 6.07) is 12.0. The first-order valence-corrected chi connectivity index (χ1v) is 8.15. The lowest BCUT2D eigenvalue weighted by molar-refractivity contribution is 0.0938.